The Bertz CT molecular complexity index is 824. The van der Waals surface area contributed by atoms with Crippen molar-refractivity contribution in [2.45, 2.75) is 19.7 Å². The Balaban J connectivity index is 0.000000989. The molecule has 0 unspecified atom stereocenters. The van der Waals surface area contributed by atoms with Crippen LogP contribution in [0.4, 0.5) is 23.9 Å². The summed E-state index contributed by atoms with van der Waals surface area (Å²) < 4.78 is 44.7. The first-order valence-electron chi connectivity index (χ1n) is 8.30. The summed E-state index contributed by atoms with van der Waals surface area (Å²) in [6, 6.07) is 3.70. The van der Waals surface area contributed by atoms with Crippen molar-refractivity contribution in [1.29, 1.82) is 0 Å². The van der Waals surface area contributed by atoms with Gasteiger partial charge in [0, 0.05) is 25.8 Å². The Morgan fingerprint density at radius 1 is 1.24 bits per heavy atom. The lowest BCUT2D eigenvalue weighted by Gasteiger charge is -2.16. The van der Waals surface area contributed by atoms with E-state index in [9.17, 15) is 18.0 Å². The van der Waals surface area contributed by atoms with E-state index in [1.807, 2.05) is 0 Å². The van der Waals surface area contributed by atoms with Gasteiger partial charge in [-0.3, -0.25) is 4.90 Å². The second-order valence-corrected chi connectivity index (χ2v) is 5.49. The number of urea groups is 1. The minimum atomic E-state index is -4.45. The van der Waals surface area contributed by atoms with E-state index >= 15 is 0 Å². The van der Waals surface area contributed by atoms with Gasteiger partial charge >= 0.3 is 12.2 Å². The number of terminal acetylenes is 1. The van der Waals surface area contributed by atoms with Crippen molar-refractivity contribution in [3.8, 4) is 18.6 Å². The summed E-state index contributed by atoms with van der Waals surface area (Å²) in [4.78, 5) is 21.0. The summed E-state index contributed by atoms with van der Waals surface area (Å²) in [7, 11) is 1.00. The quantitative estimate of drug-likeness (QED) is 0.757. The van der Waals surface area contributed by atoms with Crippen molar-refractivity contribution in [2.75, 3.05) is 25.1 Å². The third kappa shape index (κ3) is 6.08. The number of halogens is 3. The van der Waals surface area contributed by atoms with Crippen molar-refractivity contribution in [2.24, 2.45) is 0 Å². The Morgan fingerprint density at radius 2 is 1.86 bits per heavy atom. The predicted molar refractivity (Wildman–Crippen MR) is 101 cm³/mol. The number of ether oxygens (including phenoxy) is 1. The average Bonchev–Trinajstić information content (AvgIpc) is 3.15. The fourth-order valence-electron chi connectivity index (χ4n) is 2.50. The average molecular weight is 410 g/mol. The Labute approximate surface area is 166 Å². The van der Waals surface area contributed by atoms with Crippen LogP contribution in [0.3, 0.4) is 0 Å². The molecule has 0 aliphatic carbocycles. The van der Waals surface area contributed by atoms with Gasteiger partial charge in [-0.15, -0.1) is 12.8 Å². The highest BCUT2D eigenvalue weighted by Crippen LogP contribution is 2.33. The van der Waals surface area contributed by atoms with Crippen molar-refractivity contribution >= 4 is 12.0 Å². The molecule has 1 fully saturated rings. The Hall–Kier alpha value is -3.32. The van der Waals surface area contributed by atoms with Crippen LogP contribution in [0.5, 0.6) is 5.75 Å². The van der Waals surface area contributed by atoms with Crippen LogP contribution in [0.15, 0.2) is 30.6 Å². The molecule has 3 rings (SSSR count). The fourth-order valence-corrected chi connectivity index (χ4v) is 2.50. The minimum absolute atomic E-state index is 0.0676. The first-order chi connectivity index (χ1) is 13.9. The molecule has 2 amide bonds. The minimum Gasteiger partial charge on any atom is -0.486 e. The number of aromatic nitrogens is 2. The van der Waals surface area contributed by atoms with E-state index < -0.39 is 11.7 Å². The van der Waals surface area contributed by atoms with E-state index in [0.29, 0.717) is 18.7 Å². The van der Waals surface area contributed by atoms with Gasteiger partial charge in [-0.2, -0.15) is 13.2 Å². The number of anilines is 1. The van der Waals surface area contributed by atoms with Gasteiger partial charge in [0.05, 0.1) is 18.0 Å². The van der Waals surface area contributed by atoms with Gasteiger partial charge in [-0.05, 0) is 18.6 Å². The molecular weight excluding hydrogens is 389 g/mol. The first-order valence-corrected chi connectivity index (χ1v) is 8.30. The fraction of sp³-hybridized carbons (Fsp3) is 0.316. The number of hydrogen-bond donors (Lipinski definition) is 2. The number of rotatable bonds is 4. The van der Waals surface area contributed by atoms with E-state index in [0.717, 1.165) is 13.2 Å². The number of aliphatic hydroxyl groups is 1. The number of benzene rings is 1. The summed E-state index contributed by atoms with van der Waals surface area (Å²) in [5, 5.41) is 9.63. The van der Waals surface area contributed by atoms with E-state index in [1.165, 1.54) is 23.4 Å². The number of carbonyl (C=O) groups is 1. The summed E-state index contributed by atoms with van der Waals surface area (Å²) in [5.41, 5.74) is -0.169. The molecule has 156 valence electrons. The maximum absolute atomic E-state index is 13.1. The van der Waals surface area contributed by atoms with Gasteiger partial charge in [0.1, 0.15) is 6.61 Å². The molecule has 0 bridgehead atoms. The molecule has 29 heavy (non-hydrogen) atoms. The zero-order chi connectivity index (χ0) is 22.0. The highest BCUT2D eigenvalue weighted by Gasteiger charge is 2.33. The van der Waals surface area contributed by atoms with Crippen molar-refractivity contribution < 1.29 is 27.8 Å². The summed E-state index contributed by atoms with van der Waals surface area (Å²) >= 11 is 0. The molecule has 1 aromatic carbocycles. The lowest BCUT2D eigenvalue weighted by Crippen LogP contribution is -2.29. The van der Waals surface area contributed by atoms with Gasteiger partial charge in [0.2, 0.25) is 5.95 Å². The number of nitrogens with one attached hydrogen (secondary N) is 1. The lowest BCUT2D eigenvalue weighted by atomic mass is 10.0. The Morgan fingerprint density at radius 3 is 2.38 bits per heavy atom. The van der Waals surface area contributed by atoms with Gasteiger partial charge in [0.15, 0.2) is 5.75 Å². The molecule has 0 saturated carbocycles. The zero-order valence-corrected chi connectivity index (χ0v) is 15.9. The molecule has 7 nitrogen and oxygen atoms in total. The maximum atomic E-state index is 13.1. The highest BCUT2D eigenvalue weighted by atomic mass is 19.4. The third-order valence-electron chi connectivity index (χ3n) is 3.81. The van der Waals surface area contributed by atoms with Crippen LogP contribution in [-0.2, 0) is 12.8 Å². The summed E-state index contributed by atoms with van der Waals surface area (Å²) in [6.07, 6.45) is 6.22. The number of carbonyl (C=O) groups excluding carboxylic acids is 1. The van der Waals surface area contributed by atoms with Crippen LogP contribution in [0.2, 0.25) is 0 Å². The number of hydrogen-bond acceptors (Lipinski definition) is 5. The number of aryl methyl sites for hydroxylation is 1. The third-order valence-corrected chi connectivity index (χ3v) is 3.81. The molecule has 2 N–H and O–H groups in total. The molecular formula is C19H21F3N4O3. The predicted octanol–water partition coefficient (Wildman–Crippen LogP) is 2.77. The van der Waals surface area contributed by atoms with Gasteiger partial charge in [-0.25, -0.2) is 14.8 Å². The molecule has 2 heterocycles. The smallest absolute Gasteiger partial charge is 0.416 e. The van der Waals surface area contributed by atoms with Crippen LogP contribution >= 0.6 is 0 Å². The monoisotopic (exact) mass is 410 g/mol. The van der Waals surface area contributed by atoms with Crippen LogP contribution in [0.25, 0.3) is 0 Å². The molecule has 10 heteroatoms. The number of aliphatic hydroxyl groups excluding tert-OH is 1. The second kappa shape index (κ2) is 10.9. The Kier molecular flexibility index (Phi) is 8.89. The SMILES string of the molecule is C#C.CO.Cc1cccc(C(F)(F)F)c1COc1cnc(N2CCNC2=O)nc1. The van der Waals surface area contributed by atoms with Crippen molar-refractivity contribution in [1.82, 2.24) is 15.3 Å². The van der Waals surface area contributed by atoms with Crippen LogP contribution in [0.1, 0.15) is 16.7 Å². The lowest BCUT2D eigenvalue weighted by molar-refractivity contribution is -0.138. The van der Waals surface area contributed by atoms with Crippen LogP contribution in [0, 0.1) is 19.8 Å². The molecule has 2 aromatic rings. The summed E-state index contributed by atoms with van der Waals surface area (Å²) in [5.74, 6) is 0.439. The topological polar surface area (TPSA) is 87.6 Å². The van der Waals surface area contributed by atoms with E-state index in [1.54, 1.807) is 13.0 Å². The molecule has 0 spiro atoms. The number of alkyl halides is 3. The van der Waals surface area contributed by atoms with Gasteiger partial charge < -0.3 is 15.2 Å². The maximum Gasteiger partial charge on any atom is 0.416 e. The highest BCUT2D eigenvalue weighted by molar-refractivity contribution is 5.92. The van der Waals surface area contributed by atoms with Gasteiger partial charge in [0.25, 0.3) is 0 Å². The number of nitrogens with zero attached hydrogens (tertiary/aromatic N) is 3. The van der Waals surface area contributed by atoms with Crippen molar-refractivity contribution in [3.05, 3.63) is 47.3 Å². The van der Waals surface area contributed by atoms with E-state index in [-0.39, 0.29) is 29.9 Å². The van der Waals surface area contributed by atoms with Crippen molar-refractivity contribution in [3.63, 3.8) is 0 Å². The normalized spacial score (nSPS) is 12.8. The van der Waals surface area contributed by atoms with E-state index in [2.05, 4.69) is 28.1 Å². The number of amides is 2. The molecule has 1 aromatic heterocycles. The van der Waals surface area contributed by atoms with Gasteiger partial charge in [-0.1, -0.05) is 12.1 Å². The standard InChI is InChI=1S/C16H15F3N4O2.C2H2.CH4O/c1-10-3-2-4-13(16(17,18)19)12(10)9-25-11-7-21-14(22-8-11)23-6-5-20-15(23)24;2*1-2/h2-4,7-8H,5-6,9H2,1H3,(H,20,24);1-2H;2H,1H3. The molecule has 1 saturated heterocycles. The van der Waals surface area contributed by atoms with Crippen LogP contribution < -0.4 is 15.0 Å². The molecule has 1 aliphatic heterocycles. The zero-order valence-electron chi connectivity index (χ0n) is 15.9. The molecule has 1 aliphatic rings. The van der Waals surface area contributed by atoms with E-state index in [4.69, 9.17) is 9.84 Å². The van der Waals surface area contributed by atoms with Crippen LogP contribution in [-0.4, -0.2) is 41.3 Å². The molecule has 0 atom stereocenters. The molecule has 0 radical (unpaired) electrons. The first kappa shape index (κ1) is 23.7. The second-order valence-electron chi connectivity index (χ2n) is 5.49. The largest absolute Gasteiger partial charge is 0.486 e. The summed E-state index contributed by atoms with van der Waals surface area (Å²) in [6.45, 7) is 2.30.